The van der Waals surface area contributed by atoms with Crippen LogP contribution in [-0.4, -0.2) is 29.3 Å². The van der Waals surface area contributed by atoms with E-state index in [-0.39, 0.29) is 35.9 Å². The van der Waals surface area contributed by atoms with Crippen LogP contribution in [0.25, 0.3) is 0 Å². The molecule has 6 rings (SSSR count). The Morgan fingerprint density at radius 2 is 1.71 bits per heavy atom. The Kier molecular flexibility index (Phi) is 6.06. The number of hydrogen-bond acceptors (Lipinski definition) is 4. The van der Waals surface area contributed by atoms with Gasteiger partial charge in [0.15, 0.2) is 0 Å². The lowest BCUT2D eigenvalue weighted by Crippen LogP contribution is -2.50. The summed E-state index contributed by atoms with van der Waals surface area (Å²) < 4.78 is 0. The molecule has 180 valence electrons. The fraction of sp³-hybridized carbons (Fsp3) is 0.379. The summed E-state index contributed by atoms with van der Waals surface area (Å²) in [5.41, 5.74) is 3.00. The van der Waals surface area contributed by atoms with E-state index in [1.165, 1.54) is 10.4 Å². The van der Waals surface area contributed by atoms with Crippen molar-refractivity contribution in [3.8, 4) is 0 Å². The van der Waals surface area contributed by atoms with Crippen molar-refractivity contribution in [3.05, 3.63) is 88.1 Å². The monoisotopic (exact) mass is 485 g/mol. The lowest BCUT2D eigenvalue weighted by molar-refractivity contribution is -0.138. The van der Waals surface area contributed by atoms with Crippen molar-refractivity contribution in [3.63, 3.8) is 0 Å². The summed E-state index contributed by atoms with van der Waals surface area (Å²) in [7, 11) is 0. The molecule has 2 N–H and O–H groups in total. The van der Waals surface area contributed by atoms with Gasteiger partial charge in [-0.2, -0.15) is 0 Å². The number of benzene rings is 2. The molecule has 3 aliphatic rings. The van der Waals surface area contributed by atoms with Crippen LogP contribution in [0.5, 0.6) is 0 Å². The van der Waals surface area contributed by atoms with Gasteiger partial charge in [0.1, 0.15) is 0 Å². The Morgan fingerprint density at radius 1 is 0.914 bits per heavy atom. The summed E-state index contributed by atoms with van der Waals surface area (Å²) in [6.07, 6.45) is 4.75. The molecule has 1 aromatic heterocycles. The molecule has 0 bridgehead atoms. The Morgan fingerprint density at radius 3 is 2.54 bits per heavy atom. The van der Waals surface area contributed by atoms with Crippen LogP contribution in [0, 0.1) is 11.8 Å². The second-order valence-electron chi connectivity index (χ2n) is 9.99. The van der Waals surface area contributed by atoms with Crippen LogP contribution in [0.15, 0.2) is 72.1 Å². The molecule has 3 aromatic rings. The molecule has 6 heteroatoms. The van der Waals surface area contributed by atoms with Gasteiger partial charge < -0.3 is 15.5 Å². The second kappa shape index (κ2) is 9.50. The van der Waals surface area contributed by atoms with Crippen LogP contribution in [0.2, 0.25) is 0 Å². The largest absolute Gasteiger partial charge is 0.377 e. The number of likely N-dealkylation sites (tertiary alicyclic amines) is 1. The van der Waals surface area contributed by atoms with Crippen molar-refractivity contribution in [1.82, 2.24) is 10.2 Å². The minimum absolute atomic E-state index is 0.0689. The minimum atomic E-state index is -0.169. The first-order valence-corrected chi connectivity index (χ1v) is 13.6. The SMILES string of the molecule is O=C(N[C@@H]1CCCC[C@@H]1C(=O)N1CC[C@@H]2C(c3cccs3)Nc3ccccc3C21)c1ccccc1. The molecule has 0 spiro atoms. The minimum Gasteiger partial charge on any atom is -0.377 e. The zero-order valence-corrected chi connectivity index (χ0v) is 20.5. The van der Waals surface area contributed by atoms with Crippen LogP contribution in [-0.2, 0) is 4.79 Å². The normalized spacial score (nSPS) is 27.4. The molecule has 2 unspecified atom stereocenters. The lowest BCUT2D eigenvalue weighted by Gasteiger charge is -2.41. The van der Waals surface area contributed by atoms with Gasteiger partial charge in [-0.05, 0) is 54.5 Å². The van der Waals surface area contributed by atoms with Crippen LogP contribution in [0.3, 0.4) is 0 Å². The maximum atomic E-state index is 14.1. The molecule has 2 amide bonds. The van der Waals surface area contributed by atoms with E-state index in [1.54, 1.807) is 11.3 Å². The van der Waals surface area contributed by atoms with E-state index in [0.29, 0.717) is 11.5 Å². The van der Waals surface area contributed by atoms with Gasteiger partial charge in [-0.25, -0.2) is 0 Å². The van der Waals surface area contributed by atoms with Crippen molar-refractivity contribution < 1.29 is 9.59 Å². The van der Waals surface area contributed by atoms with Crippen molar-refractivity contribution in [2.75, 3.05) is 11.9 Å². The standard InChI is InChI=1S/C29H31N3O2S/c33-28(19-9-2-1-3-10-19)31-24-14-7-5-12-21(24)29(34)32-17-16-22-26(25-15-8-18-35-25)30-23-13-6-4-11-20(23)27(22)32/h1-4,6,8-11,13,15,18,21-22,24,26-27,30H,5,7,12,14,16-17H2,(H,31,33)/t21-,22+,24+,26?,27?/m0/s1. The number of fused-ring (bicyclic) bond motifs is 3. The maximum Gasteiger partial charge on any atom is 0.251 e. The zero-order valence-electron chi connectivity index (χ0n) is 19.7. The van der Waals surface area contributed by atoms with Crippen LogP contribution >= 0.6 is 11.3 Å². The van der Waals surface area contributed by atoms with E-state index in [2.05, 4.69) is 57.3 Å². The number of hydrogen-bond donors (Lipinski definition) is 2. The van der Waals surface area contributed by atoms with Gasteiger partial charge >= 0.3 is 0 Å². The molecule has 2 aromatic carbocycles. The average Bonchev–Trinajstić information content (AvgIpc) is 3.60. The molecular weight excluding hydrogens is 454 g/mol. The Balaban J connectivity index is 1.27. The molecule has 1 aliphatic carbocycles. The fourth-order valence-corrected chi connectivity index (χ4v) is 7.23. The third-order valence-electron chi connectivity index (χ3n) is 8.03. The second-order valence-corrected chi connectivity index (χ2v) is 11.0. The van der Waals surface area contributed by atoms with Gasteiger partial charge in [0.25, 0.3) is 5.91 Å². The first-order valence-electron chi connectivity index (χ1n) is 12.8. The molecule has 1 saturated heterocycles. The van der Waals surface area contributed by atoms with E-state index >= 15 is 0 Å². The first-order chi connectivity index (χ1) is 17.2. The maximum absolute atomic E-state index is 14.1. The topological polar surface area (TPSA) is 61.4 Å². The number of carbonyl (C=O) groups excluding carboxylic acids is 2. The Hall–Kier alpha value is -3.12. The number of nitrogens with one attached hydrogen (secondary N) is 2. The average molecular weight is 486 g/mol. The van der Waals surface area contributed by atoms with E-state index in [4.69, 9.17) is 0 Å². The Bertz CT molecular complexity index is 1200. The summed E-state index contributed by atoms with van der Waals surface area (Å²) >= 11 is 1.78. The predicted octanol–water partition coefficient (Wildman–Crippen LogP) is 5.79. The number of nitrogens with zero attached hydrogens (tertiary/aromatic N) is 1. The molecular formula is C29H31N3O2S. The molecule has 5 atom stereocenters. The predicted molar refractivity (Wildman–Crippen MR) is 139 cm³/mol. The fourth-order valence-electron chi connectivity index (χ4n) is 6.38. The highest BCUT2D eigenvalue weighted by atomic mass is 32.1. The number of thiophene rings is 1. The highest BCUT2D eigenvalue weighted by Crippen LogP contribution is 2.52. The molecule has 35 heavy (non-hydrogen) atoms. The third kappa shape index (κ3) is 4.14. The smallest absolute Gasteiger partial charge is 0.251 e. The lowest BCUT2D eigenvalue weighted by atomic mass is 9.80. The van der Waals surface area contributed by atoms with Crippen molar-refractivity contribution in [2.24, 2.45) is 11.8 Å². The molecule has 5 nitrogen and oxygen atoms in total. The molecule has 2 aliphatic heterocycles. The zero-order chi connectivity index (χ0) is 23.8. The van der Waals surface area contributed by atoms with Gasteiger partial charge in [-0.15, -0.1) is 11.3 Å². The van der Waals surface area contributed by atoms with Crippen molar-refractivity contribution in [2.45, 2.75) is 50.2 Å². The Labute approximate surface area is 210 Å². The summed E-state index contributed by atoms with van der Waals surface area (Å²) in [4.78, 5) is 30.5. The number of carbonyl (C=O) groups is 2. The van der Waals surface area contributed by atoms with E-state index in [1.807, 2.05) is 30.3 Å². The van der Waals surface area contributed by atoms with Gasteiger partial charge in [0, 0.05) is 34.6 Å². The van der Waals surface area contributed by atoms with E-state index < -0.39 is 0 Å². The number of anilines is 1. The summed E-state index contributed by atoms with van der Waals surface area (Å²) in [6, 6.07) is 22.3. The first kappa shape index (κ1) is 22.4. The van der Waals surface area contributed by atoms with Gasteiger partial charge in [0.05, 0.1) is 18.0 Å². The van der Waals surface area contributed by atoms with Crippen LogP contribution in [0.1, 0.15) is 65.0 Å². The molecule has 2 fully saturated rings. The summed E-state index contributed by atoms with van der Waals surface area (Å²) in [6.45, 7) is 0.766. The molecule has 1 saturated carbocycles. The van der Waals surface area contributed by atoms with Gasteiger partial charge in [-0.3, -0.25) is 9.59 Å². The molecule has 3 heterocycles. The highest BCUT2D eigenvalue weighted by molar-refractivity contribution is 7.10. The summed E-state index contributed by atoms with van der Waals surface area (Å²) in [5, 5.41) is 9.12. The van der Waals surface area contributed by atoms with E-state index in [0.717, 1.165) is 44.3 Å². The van der Waals surface area contributed by atoms with Gasteiger partial charge in [0.2, 0.25) is 5.91 Å². The van der Waals surface area contributed by atoms with Crippen molar-refractivity contribution >= 4 is 28.8 Å². The number of para-hydroxylation sites is 1. The van der Waals surface area contributed by atoms with E-state index in [9.17, 15) is 9.59 Å². The highest BCUT2D eigenvalue weighted by Gasteiger charge is 2.48. The van der Waals surface area contributed by atoms with Crippen LogP contribution < -0.4 is 10.6 Å². The van der Waals surface area contributed by atoms with Crippen LogP contribution in [0.4, 0.5) is 5.69 Å². The van der Waals surface area contributed by atoms with Crippen molar-refractivity contribution in [1.29, 1.82) is 0 Å². The molecule has 0 radical (unpaired) electrons. The number of rotatable bonds is 4. The third-order valence-corrected chi connectivity index (χ3v) is 8.99. The summed E-state index contributed by atoms with van der Waals surface area (Å²) in [5.74, 6) is 0.294. The van der Waals surface area contributed by atoms with Gasteiger partial charge in [-0.1, -0.05) is 55.3 Å². The quantitative estimate of drug-likeness (QED) is 0.491. The number of amides is 2.